The number of fused-ring (bicyclic) bond motifs is 1. The van der Waals surface area contributed by atoms with Crippen molar-refractivity contribution in [2.75, 3.05) is 30.9 Å². The highest BCUT2D eigenvalue weighted by Crippen LogP contribution is 2.41. The molecule has 0 spiro atoms. The van der Waals surface area contributed by atoms with Gasteiger partial charge in [0.15, 0.2) is 0 Å². The lowest BCUT2D eigenvalue weighted by molar-refractivity contribution is -0.141. The summed E-state index contributed by atoms with van der Waals surface area (Å²) in [7, 11) is 0. The number of hydrogen-bond acceptors (Lipinski definition) is 7. The van der Waals surface area contributed by atoms with Gasteiger partial charge in [-0.2, -0.15) is 12.6 Å². The molecule has 3 aromatic rings. The highest BCUT2D eigenvalue weighted by Gasteiger charge is 2.35. The van der Waals surface area contributed by atoms with Gasteiger partial charge in [-0.1, -0.05) is 62.4 Å². The molecule has 35 heavy (non-hydrogen) atoms. The molecule has 1 amide bonds. The molecule has 0 bridgehead atoms. The van der Waals surface area contributed by atoms with E-state index in [0.717, 1.165) is 16.3 Å². The minimum atomic E-state index is -0.676. The van der Waals surface area contributed by atoms with Gasteiger partial charge < -0.3 is 19.3 Å². The van der Waals surface area contributed by atoms with E-state index in [2.05, 4.69) is 17.9 Å². The predicted molar refractivity (Wildman–Crippen MR) is 139 cm³/mol. The lowest BCUT2D eigenvalue weighted by Gasteiger charge is -2.34. The summed E-state index contributed by atoms with van der Waals surface area (Å²) < 4.78 is 16.8. The molecule has 2 N–H and O–H groups in total. The monoisotopic (exact) mass is 497 g/mol. The first-order chi connectivity index (χ1) is 16.8. The molecule has 0 aliphatic carbocycles. The summed E-state index contributed by atoms with van der Waals surface area (Å²) in [5, 5.41) is 13.9. The molecule has 0 aliphatic rings. The van der Waals surface area contributed by atoms with Crippen molar-refractivity contribution in [1.82, 2.24) is 0 Å². The molecule has 0 unspecified atom stereocenters. The molecule has 0 aromatic heterocycles. The van der Waals surface area contributed by atoms with Crippen LogP contribution in [-0.2, 0) is 14.3 Å². The number of aliphatic hydroxyl groups excluding tert-OH is 1. The fourth-order valence-corrected chi connectivity index (χ4v) is 3.89. The second kappa shape index (κ2) is 12.5. The number of aliphatic hydroxyl groups is 1. The normalized spacial score (nSPS) is 12.1. The van der Waals surface area contributed by atoms with Crippen molar-refractivity contribution in [3.05, 3.63) is 72.3 Å². The van der Waals surface area contributed by atoms with Crippen molar-refractivity contribution < 1.29 is 28.9 Å². The van der Waals surface area contributed by atoms with Gasteiger partial charge in [-0.15, -0.1) is 0 Å². The summed E-state index contributed by atoms with van der Waals surface area (Å²) in [5.74, 6) is 0.143. The number of thiol groups is 1. The van der Waals surface area contributed by atoms with Gasteiger partial charge in [-0.25, -0.2) is 4.79 Å². The first-order valence-corrected chi connectivity index (χ1v) is 12.0. The zero-order chi connectivity index (χ0) is 25.3. The average Bonchev–Trinajstić information content (AvgIpc) is 2.86. The van der Waals surface area contributed by atoms with Gasteiger partial charge in [0, 0.05) is 10.8 Å². The van der Waals surface area contributed by atoms with E-state index in [0.29, 0.717) is 17.9 Å². The summed E-state index contributed by atoms with van der Waals surface area (Å²) in [4.78, 5) is 24.6. The third-order valence-electron chi connectivity index (χ3n) is 5.62. The Kier molecular flexibility index (Phi) is 9.39. The maximum absolute atomic E-state index is 13.1. The number of benzene rings is 3. The van der Waals surface area contributed by atoms with Crippen molar-refractivity contribution in [3.8, 4) is 5.75 Å². The molecule has 3 aromatic carbocycles. The summed E-state index contributed by atoms with van der Waals surface area (Å²) in [6.45, 7) is 4.09. The molecule has 8 heteroatoms. The van der Waals surface area contributed by atoms with Crippen LogP contribution < -0.4 is 10.1 Å². The molecule has 0 aliphatic heterocycles. The van der Waals surface area contributed by atoms with Gasteiger partial charge >= 0.3 is 12.1 Å². The summed E-state index contributed by atoms with van der Waals surface area (Å²) in [5.41, 5.74) is 0.772. The summed E-state index contributed by atoms with van der Waals surface area (Å²) >= 11 is 3.93. The van der Waals surface area contributed by atoms with Crippen LogP contribution in [0.2, 0.25) is 0 Å². The van der Waals surface area contributed by atoms with Crippen LogP contribution >= 0.6 is 12.6 Å². The molecule has 0 fully saturated rings. The van der Waals surface area contributed by atoms with Crippen LogP contribution in [0.5, 0.6) is 5.75 Å². The first-order valence-electron chi connectivity index (χ1n) is 11.4. The van der Waals surface area contributed by atoms with E-state index in [-0.39, 0.29) is 25.6 Å². The van der Waals surface area contributed by atoms with E-state index in [1.165, 1.54) is 0 Å². The van der Waals surface area contributed by atoms with Crippen LogP contribution in [0.4, 0.5) is 10.5 Å². The Morgan fingerprint density at radius 1 is 1.03 bits per heavy atom. The quantitative estimate of drug-likeness (QED) is 0.243. The Balaban J connectivity index is 1.84. The SMILES string of the molecule is CC(C)(CCOC(=O)CS)[C@H](OC(=O)Nc1cccc2ccccc12)c1cccc(OCCO)c1. The Labute approximate surface area is 210 Å². The van der Waals surface area contributed by atoms with Crippen LogP contribution in [-0.4, -0.2) is 42.7 Å². The van der Waals surface area contributed by atoms with Crippen molar-refractivity contribution in [3.63, 3.8) is 0 Å². The molecule has 1 atom stereocenters. The van der Waals surface area contributed by atoms with Crippen molar-refractivity contribution >= 4 is 41.2 Å². The average molecular weight is 498 g/mol. The summed E-state index contributed by atoms with van der Waals surface area (Å²) in [6.07, 6.45) is -0.834. The van der Waals surface area contributed by atoms with Crippen molar-refractivity contribution in [2.24, 2.45) is 5.41 Å². The van der Waals surface area contributed by atoms with Gasteiger partial charge in [-0.05, 0) is 35.6 Å². The molecule has 0 heterocycles. The van der Waals surface area contributed by atoms with E-state index in [1.807, 2.05) is 62.4 Å². The number of anilines is 1. The zero-order valence-electron chi connectivity index (χ0n) is 19.9. The minimum Gasteiger partial charge on any atom is -0.491 e. The van der Waals surface area contributed by atoms with Crippen molar-refractivity contribution in [2.45, 2.75) is 26.4 Å². The van der Waals surface area contributed by atoms with Gasteiger partial charge in [0.25, 0.3) is 0 Å². The second-order valence-electron chi connectivity index (χ2n) is 8.70. The molecular weight excluding hydrogens is 466 g/mol. The van der Waals surface area contributed by atoms with E-state index in [1.54, 1.807) is 18.2 Å². The Bertz CT molecular complexity index is 1140. The number of esters is 1. The van der Waals surface area contributed by atoms with E-state index in [4.69, 9.17) is 19.3 Å². The minimum absolute atomic E-state index is 0.00195. The van der Waals surface area contributed by atoms with Crippen LogP contribution in [0.15, 0.2) is 66.7 Å². The van der Waals surface area contributed by atoms with Crippen LogP contribution in [0.3, 0.4) is 0 Å². The first kappa shape index (κ1) is 26.4. The Hall–Kier alpha value is -3.23. The van der Waals surface area contributed by atoms with Crippen LogP contribution in [0.1, 0.15) is 31.9 Å². The largest absolute Gasteiger partial charge is 0.491 e. The molecule has 7 nitrogen and oxygen atoms in total. The number of carbonyl (C=O) groups excluding carboxylic acids is 2. The van der Waals surface area contributed by atoms with E-state index >= 15 is 0 Å². The number of hydrogen-bond donors (Lipinski definition) is 3. The molecule has 0 radical (unpaired) electrons. The van der Waals surface area contributed by atoms with E-state index < -0.39 is 23.6 Å². The van der Waals surface area contributed by atoms with Gasteiger partial charge in [0.2, 0.25) is 0 Å². The lowest BCUT2D eigenvalue weighted by Crippen LogP contribution is -2.30. The number of ether oxygens (including phenoxy) is 3. The molecule has 0 saturated carbocycles. The topological polar surface area (TPSA) is 94.1 Å². The Morgan fingerprint density at radius 3 is 2.54 bits per heavy atom. The number of rotatable bonds is 11. The maximum Gasteiger partial charge on any atom is 0.412 e. The van der Waals surface area contributed by atoms with Gasteiger partial charge in [0.05, 0.1) is 24.7 Å². The zero-order valence-corrected chi connectivity index (χ0v) is 20.8. The molecule has 186 valence electrons. The maximum atomic E-state index is 13.1. The molecular formula is C27H31NO6S. The smallest absolute Gasteiger partial charge is 0.412 e. The number of amides is 1. The standard InChI is InChI=1S/C27H31NO6S/c1-27(2,13-15-33-24(30)18-35)25(20-9-5-10-21(17-20)32-16-14-29)34-26(31)28-23-12-6-8-19-7-3-4-11-22(19)23/h3-12,17,25,29,35H,13-16,18H2,1-2H3,(H,28,31)/t25-/m1/s1. The number of carbonyl (C=O) groups is 2. The fraction of sp³-hybridized carbons (Fsp3) is 0.333. The predicted octanol–water partition coefficient (Wildman–Crippen LogP) is 5.39. The van der Waals surface area contributed by atoms with E-state index in [9.17, 15) is 9.59 Å². The highest BCUT2D eigenvalue weighted by molar-refractivity contribution is 7.81. The van der Waals surface area contributed by atoms with Gasteiger partial charge in [0.1, 0.15) is 18.5 Å². The molecule has 0 saturated heterocycles. The fourth-order valence-electron chi connectivity index (χ4n) is 3.80. The Morgan fingerprint density at radius 2 is 1.77 bits per heavy atom. The van der Waals surface area contributed by atoms with Crippen LogP contribution in [0.25, 0.3) is 10.8 Å². The highest BCUT2D eigenvalue weighted by atomic mass is 32.1. The summed E-state index contributed by atoms with van der Waals surface area (Å²) in [6, 6.07) is 20.6. The van der Waals surface area contributed by atoms with Gasteiger partial charge in [-0.3, -0.25) is 10.1 Å². The third kappa shape index (κ3) is 7.37. The van der Waals surface area contributed by atoms with Crippen molar-refractivity contribution in [1.29, 1.82) is 0 Å². The van der Waals surface area contributed by atoms with Crippen LogP contribution in [0, 0.1) is 5.41 Å². The lowest BCUT2D eigenvalue weighted by atomic mass is 9.80. The third-order valence-corrected chi connectivity index (χ3v) is 5.88. The second-order valence-corrected chi connectivity index (χ2v) is 9.02. The molecule has 3 rings (SSSR count). The number of nitrogens with one attached hydrogen (secondary N) is 1.